The van der Waals surface area contributed by atoms with Crippen molar-refractivity contribution < 1.29 is 23.8 Å². The largest absolute Gasteiger partial charge is 0.416 e. The van der Waals surface area contributed by atoms with E-state index < -0.39 is 19.2 Å². The molecular weight excluding hydrogens is 255 g/mol. The molecule has 1 unspecified atom stereocenters. The zero-order valence-electron chi connectivity index (χ0n) is 11.1. The van der Waals surface area contributed by atoms with Crippen molar-refractivity contribution in [3.8, 4) is 0 Å². The van der Waals surface area contributed by atoms with E-state index in [0.29, 0.717) is 5.57 Å². The summed E-state index contributed by atoms with van der Waals surface area (Å²) in [6, 6.07) is 0. The summed E-state index contributed by atoms with van der Waals surface area (Å²) >= 11 is 0. The lowest BCUT2D eigenvalue weighted by Gasteiger charge is -2.14. The number of carbonyl (C=O) groups is 1. The summed E-state index contributed by atoms with van der Waals surface area (Å²) in [4.78, 5) is 11.5. The topological polar surface area (TPSA) is 80.7 Å². The van der Waals surface area contributed by atoms with Gasteiger partial charge in [0.25, 0.3) is 0 Å². The molecule has 0 aromatic rings. The summed E-state index contributed by atoms with van der Waals surface area (Å²) in [6.45, 7) is 4.58. The molecule has 0 radical (unpaired) electrons. The lowest BCUT2D eigenvalue weighted by Crippen LogP contribution is -2.26. The predicted molar refractivity (Wildman–Crippen MR) is 67.5 cm³/mol. The van der Waals surface area contributed by atoms with E-state index in [1.807, 2.05) is 0 Å². The van der Waals surface area contributed by atoms with Crippen LogP contribution in [0.2, 0.25) is 0 Å². The molecule has 6 heteroatoms. The molecule has 0 saturated heterocycles. The van der Waals surface area contributed by atoms with Crippen LogP contribution in [0.25, 0.3) is 0 Å². The zero-order chi connectivity index (χ0) is 14.2. The molecule has 0 saturated carbocycles. The van der Waals surface area contributed by atoms with Gasteiger partial charge in [-0.2, -0.15) is 0 Å². The standard InChI is InChI=1S/C12H21O5P/c1-4-5-6-7-8-9-10(2)11(13)17-12(3,14)18(15)16/h9,14H,4-8H2,1-3H3. The number of carbonyl (C=O) groups excluding carboxylic acids is 1. The number of aliphatic hydroxyl groups is 1. The van der Waals surface area contributed by atoms with Crippen LogP contribution in [0, 0.1) is 0 Å². The summed E-state index contributed by atoms with van der Waals surface area (Å²) in [5, 5.41) is 9.29. The van der Waals surface area contributed by atoms with Crippen LogP contribution in [0.1, 0.15) is 52.9 Å². The third-order valence-corrected chi connectivity index (χ3v) is 3.22. The Labute approximate surface area is 108 Å². The molecule has 1 atom stereocenters. The van der Waals surface area contributed by atoms with Crippen molar-refractivity contribution in [1.82, 2.24) is 0 Å². The van der Waals surface area contributed by atoms with E-state index in [4.69, 9.17) is 0 Å². The van der Waals surface area contributed by atoms with E-state index in [1.54, 1.807) is 6.08 Å². The van der Waals surface area contributed by atoms with E-state index >= 15 is 0 Å². The van der Waals surface area contributed by atoms with Crippen molar-refractivity contribution in [2.75, 3.05) is 0 Å². The molecule has 0 heterocycles. The van der Waals surface area contributed by atoms with Gasteiger partial charge in [-0.3, -0.25) is 0 Å². The van der Waals surface area contributed by atoms with Crippen LogP contribution in [0.15, 0.2) is 11.6 Å². The maximum absolute atomic E-state index is 11.5. The second-order valence-electron chi connectivity index (χ2n) is 4.32. The third-order valence-electron chi connectivity index (χ3n) is 2.45. The number of hydrogen-bond acceptors (Lipinski definition) is 5. The lowest BCUT2D eigenvalue weighted by molar-refractivity contribution is -0.170. The monoisotopic (exact) mass is 276 g/mol. The number of rotatable bonds is 8. The molecule has 0 spiro atoms. The van der Waals surface area contributed by atoms with Crippen molar-refractivity contribution in [3.63, 3.8) is 0 Å². The summed E-state index contributed by atoms with van der Waals surface area (Å²) in [7, 11) is -3.24. The Morgan fingerprint density at radius 2 is 1.94 bits per heavy atom. The number of allylic oxidation sites excluding steroid dienone is 1. The fraction of sp³-hybridized carbons (Fsp3) is 0.750. The highest BCUT2D eigenvalue weighted by atomic mass is 31.1. The zero-order valence-corrected chi connectivity index (χ0v) is 12.0. The molecule has 0 rings (SSSR count). The van der Waals surface area contributed by atoms with Gasteiger partial charge in [0.05, 0.1) is 0 Å². The molecule has 0 aromatic carbocycles. The summed E-state index contributed by atoms with van der Waals surface area (Å²) < 4.78 is 25.7. The number of unbranched alkanes of at least 4 members (excludes halogenated alkanes) is 4. The normalized spacial score (nSPS) is 15.0. The summed E-state index contributed by atoms with van der Waals surface area (Å²) in [5.41, 5.74) is -2.13. The van der Waals surface area contributed by atoms with Gasteiger partial charge in [-0.1, -0.05) is 32.3 Å². The van der Waals surface area contributed by atoms with Gasteiger partial charge in [-0.25, -0.2) is 13.9 Å². The maximum atomic E-state index is 11.5. The van der Waals surface area contributed by atoms with Gasteiger partial charge in [-0.05, 0) is 19.8 Å². The van der Waals surface area contributed by atoms with Crippen molar-refractivity contribution >= 4 is 13.6 Å². The Hall–Kier alpha value is -0.930. The fourth-order valence-electron chi connectivity index (χ4n) is 1.27. The fourth-order valence-corrected chi connectivity index (χ4v) is 1.42. The van der Waals surface area contributed by atoms with E-state index in [9.17, 15) is 19.0 Å². The quantitative estimate of drug-likeness (QED) is 0.242. The second kappa shape index (κ2) is 8.22. The number of esters is 1. The van der Waals surface area contributed by atoms with E-state index in [0.717, 1.165) is 39.0 Å². The van der Waals surface area contributed by atoms with Crippen molar-refractivity contribution in [2.24, 2.45) is 0 Å². The summed E-state index contributed by atoms with van der Waals surface area (Å²) in [6.07, 6.45) is 6.82. The van der Waals surface area contributed by atoms with Gasteiger partial charge in [-0.15, -0.1) is 0 Å². The van der Waals surface area contributed by atoms with Gasteiger partial charge in [0.1, 0.15) is 0 Å². The van der Waals surface area contributed by atoms with Crippen LogP contribution in [0.5, 0.6) is 0 Å². The highest BCUT2D eigenvalue weighted by Crippen LogP contribution is 2.27. The molecule has 1 N–H and O–H groups in total. The van der Waals surface area contributed by atoms with Crippen molar-refractivity contribution in [2.45, 2.75) is 58.4 Å². The minimum Gasteiger partial charge on any atom is -0.416 e. The molecule has 0 aliphatic rings. The highest BCUT2D eigenvalue weighted by molar-refractivity contribution is 7.32. The Balaban J connectivity index is 4.22. The Morgan fingerprint density at radius 1 is 1.33 bits per heavy atom. The van der Waals surface area contributed by atoms with Crippen LogP contribution in [0.4, 0.5) is 0 Å². The molecule has 0 bridgehead atoms. The average molecular weight is 276 g/mol. The van der Waals surface area contributed by atoms with Crippen LogP contribution in [0.3, 0.4) is 0 Å². The van der Waals surface area contributed by atoms with Crippen molar-refractivity contribution in [1.29, 1.82) is 0 Å². The smallest absolute Gasteiger partial charge is 0.389 e. The first kappa shape index (κ1) is 17.1. The highest BCUT2D eigenvalue weighted by Gasteiger charge is 2.32. The minimum absolute atomic E-state index is 0.309. The van der Waals surface area contributed by atoms with Crippen LogP contribution in [-0.4, -0.2) is 16.6 Å². The molecular formula is C12H21O5P. The van der Waals surface area contributed by atoms with Crippen LogP contribution in [-0.2, 0) is 18.7 Å². The molecule has 0 amide bonds. The molecule has 0 aliphatic carbocycles. The SMILES string of the molecule is CCCCCCC=C(C)C(=O)OC(C)(O)P(=O)=O. The van der Waals surface area contributed by atoms with E-state index in [1.165, 1.54) is 6.92 Å². The average Bonchev–Trinajstić information content (AvgIpc) is 2.27. The first-order chi connectivity index (χ1) is 8.31. The van der Waals surface area contributed by atoms with Crippen LogP contribution >= 0.6 is 7.68 Å². The van der Waals surface area contributed by atoms with Gasteiger partial charge in [0.15, 0.2) is 0 Å². The van der Waals surface area contributed by atoms with Gasteiger partial charge in [0, 0.05) is 12.5 Å². The second-order valence-corrected chi connectivity index (χ2v) is 5.66. The molecule has 5 nitrogen and oxygen atoms in total. The maximum Gasteiger partial charge on any atom is 0.389 e. The molecule has 104 valence electrons. The number of hydrogen-bond donors (Lipinski definition) is 1. The number of ether oxygens (including phenoxy) is 1. The van der Waals surface area contributed by atoms with Gasteiger partial charge < -0.3 is 9.84 Å². The predicted octanol–water partition coefficient (Wildman–Crippen LogP) is 3.29. The molecule has 0 aliphatic heterocycles. The first-order valence-electron chi connectivity index (χ1n) is 6.08. The third kappa shape index (κ3) is 6.72. The Morgan fingerprint density at radius 3 is 2.44 bits per heavy atom. The molecule has 0 fully saturated rings. The van der Waals surface area contributed by atoms with Gasteiger partial charge in [0.2, 0.25) is 0 Å². The summed E-state index contributed by atoms with van der Waals surface area (Å²) in [5.74, 6) is -0.810. The lowest BCUT2D eigenvalue weighted by atomic mass is 10.1. The molecule has 0 aromatic heterocycles. The molecule has 18 heavy (non-hydrogen) atoms. The first-order valence-corrected chi connectivity index (χ1v) is 7.26. The minimum atomic E-state index is -3.24. The van der Waals surface area contributed by atoms with E-state index in [-0.39, 0.29) is 0 Å². The Bertz CT molecular complexity index is 361. The van der Waals surface area contributed by atoms with Gasteiger partial charge >= 0.3 is 19.2 Å². The Kier molecular flexibility index (Phi) is 7.80. The van der Waals surface area contributed by atoms with Crippen molar-refractivity contribution in [3.05, 3.63) is 11.6 Å². The van der Waals surface area contributed by atoms with E-state index in [2.05, 4.69) is 11.7 Å². The van der Waals surface area contributed by atoms with Crippen LogP contribution < -0.4 is 0 Å².